The van der Waals surface area contributed by atoms with Gasteiger partial charge in [0.1, 0.15) is 5.75 Å². The zero-order chi connectivity index (χ0) is 13.0. The number of alkyl halides is 1. The van der Waals surface area contributed by atoms with Crippen LogP contribution in [-0.4, -0.2) is 11.0 Å². The SMILES string of the molecule is O=C(Nc1cccc(CBr)c1)c1ccccc1O. The molecule has 3 nitrogen and oxygen atoms in total. The normalized spacial score (nSPS) is 10.1. The molecule has 0 saturated heterocycles. The molecule has 0 aliphatic heterocycles. The second-order valence-corrected chi connectivity index (χ2v) is 4.37. The van der Waals surface area contributed by atoms with Crippen molar-refractivity contribution in [3.8, 4) is 5.75 Å². The summed E-state index contributed by atoms with van der Waals surface area (Å²) in [7, 11) is 0. The lowest BCUT2D eigenvalue weighted by Crippen LogP contribution is -2.12. The van der Waals surface area contributed by atoms with Gasteiger partial charge in [0.15, 0.2) is 0 Å². The first kappa shape index (κ1) is 12.6. The number of para-hydroxylation sites is 1. The zero-order valence-electron chi connectivity index (χ0n) is 9.56. The third-order valence-electron chi connectivity index (χ3n) is 2.49. The van der Waals surface area contributed by atoms with Crippen LogP contribution in [0.5, 0.6) is 5.75 Å². The molecule has 0 fully saturated rings. The maximum absolute atomic E-state index is 12.0. The molecule has 4 heteroatoms. The van der Waals surface area contributed by atoms with Crippen LogP contribution in [0.3, 0.4) is 0 Å². The van der Waals surface area contributed by atoms with Gasteiger partial charge in [-0.3, -0.25) is 4.79 Å². The van der Waals surface area contributed by atoms with Crippen LogP contribution in [0.25, 0.3) is 0 Å². The van der Waals surface area contributed by atoms with Gasteiger partial charge in [0.2, 0.25) is 0 Å². The van der Waals surface area contributed by atoms with E-state index in [4.69, 9.17) is 0 Å². The summed E-state index contributed by atoms with van der Waals surface area (Å²) in [6, 6.07) is 14.0. The third kappa shape index (κ3) is 2.90. The van der Waals surface area contributed by atoms with E-state index in [1.165, 1.54) is 6.07 Å². The molecule has 0 aromatic heterocycles. The van der Waals surface area contributed by atoms with Gasteiger partial charge in [-0.15, -0.1) is 0 Å². The van der Waals surface area contributed by atoms with Crippen LogP contribution >= 0.6 is 15.9 Å². The molecule has 0 unspecified atom stereocenters. The Morgan fingerprint density at radius 3 is 2.67 bits per heavy atom. The van der Waals surface area contributed by atoms with Crippen LogP contribution in [0.4, 0.5) is 5.69 Å². The Labute approximate surface area is 114 Å². The first-order chi connectivity index (χ1) is 8.70. The lowest BCUT2D eigenvalue weighted by molar-refractivity contribution is 0.102. The lowest BCUT2D eigenvalue weighted by atomic mass is 10.1. The highest BCUT2D eigenvalue weighted by atomic mass is 79.9. The maximum Gasteiger partial charge on any atom is 0.259 e. The fraction of sp³-hybridized carbons (Fsp3) is 0.0714. The number of halogens is 1. The first-order valence-electron chi connectivity index (χ1n) is 5.45. The van der Waals surface area contributed by atoms with E-state index in [0.717, 1.165) is 10.9 Å². The van der Waals surface area contributed by atoms with Crippen molar-refractivity contribution in [2.45, 2.75) is 5.33 Å². The molecule has 0 heterocycles. The Morgan fingerprint density at radius 2 is 1.94 bits per heavy atom. The first-order valence-corrected chi connectivity index (χ1v) is 6.57. The molecule has 1 amide bonds. The number of carbonyl (C=O) groups is 1. The molecule has 2 rings (SSSR count). The highest BCUT2D eigenvalue weighted by Crippen LogP contribution is 2.19. The van der Waals surface area contributed by atoms with E-state index < -0.39 is 0 Å². The summed E-state index contributed by atoms with van der Waals surface area (Å²) >= 11 is 3.36. The molecule has 0 radical (unpaired) electrons. The number of benzene rings is 2. The largest absolute Gasteiger partial charge is 0.507 e. The highest BCUT2D eigenvalue weighted by Gasteiger charge is 2.10. The number of carbonyl (C=O) groups excluding carboxylic acids is 1. The summed E-state index contributed by atoms with van der Waals surface area (Å²) in [5.41, 5.74) is 2.05. The molecule has 0 spiro atoms. The van der Waals surface area contributed by atoms with Gasteiger partial charge in [-0.1, -0.05) is 40.2 Å². The number of amides is 1. The highest BCUT2D eigenvalue weighted by molar-refractivity contribution is 9.08. The van der Waals surface area contributed by atoms with Gasteiger partial charge in [-0.2, -0.15) is 0 Å². The molecule has 2 N–H and O–H groups in total. The minimum absolute atomic E-state index is 0.0216. The molecule has 92 valence electrons. The number of hydrogen-bond acceptors (Lipinski definition) is 2. The van der Waals surface area contributed by atoms with Gasteiger partial charge >= 0.3 is 0 Å². The van der Waals surface area contributed by atoms with E-state index in [0.29, 0.717) is 5.69 Å². The van der Waals surface area contributed by atoms with Gasteiger partial charge in [-0.05, 0) is 29.8 Å². The Hall–Kier alpha value is -1.81. The van der Waals surface area contributed by atoms with Gasteiger partial charge in [0.05, 0.1) is 5.56 Å². The van der Waals surface area contributed by atoms with Gasteiger partial charge in [-0.25, -0.2) is 0 Å². The fourth-order valence-corrected chi connectivity index (χ4v) is 1.95. The lowest BCUT2D eigenvalue weighted by Gasteiger charge is -2.07. The van der Waals surface area contributed by atoms with Crippen molar-refractivity contribution in [1.82, 2.24) is 0 Å². The Kier molecular flexibility index (Phi) is 3.99. The summed E-state index contributed by atoms with van der Waals surface area (Å²) in [4.78, 5) is 12.0. The third-order valence-corrected chi connectivity index (χ3v) is 3.14. The summed E-state index contributed by atoms with van der Waals surface area (Å²) in [6.07, 6.45) is 0. The number of phenols is 1. The van der Waals surface area contributed by atoms with Crippen molar-refractivity contribution < 1.29 is 9.90 Å². The predicted molar refractivity (Wildman–Crippen MR) is 75.1 cm³/mol. The molecule has 0 aliphatic carbocycles. The van der Waals surface area contributed by atoms with Crippen molar-refractivity contribution >= 4 is 27.5 Å². The van der Waals surface area contributed by atoms with Crippen molar-refractivity contribution in [2.75, 3.05) is 5.32 Å². The number of hydrogen-bond donors (Lipinski definition) is 2. The van der Waals surface area contributed by atoms with Crippen LogP contribution in [0.15, 0.2) is 48.5 Å². The van der Waals surface area contributed by atoms with Crippen molar-refractivity contribution in [2.24, 2.45) is 0 Å². The molecule has 0 atom stereocenters. The van der Waals surface area contributed by atoms with E-state index >= 15 is 0 Å². The van der Waals surface area contributed by atoms with Crippen LogP contribution in [0.1, 0.15) is 15.9 Å². The predicted octanol–water partition coefficient (Wildman–Crippen LogP) is 3.54. The standard InChI is InChI=1S/C14H12BrNO2/c15-9-10-4-3-5-11(8-10)16-14(18)12-6-1-2-7-13(12)17/h1-8,17H,9H2,(H,16,18). The number of anilines is 1. The van der Waals surface area contributed by atoms with Crippen molar-refractivity contribution in [3.63, 3.8) is 0 Å². The van der Waals surface area contributed by atoms with Crippen molar-refractivity contribution in [3.05, 3.63) is 59.7 Å². The van der Waals surface area contributed by atoms with E-state index in [1.807, 2.05) is 24.3 Å². The van der Waals surface area contributed by atoms with Gasteiger partial charge < -0.3 is 10.4 Å². The molecular weight excluding hydrogens is 294 g/mol. The molecule has 18 heavy (non-hydrogen) atoms. The molecule has 2 aromatic carbocycles. The summed E-state index contributed by atoms with van der Waals surface area (Å²) < 4.78 is 0. The second kappa shape index (κ2) is 5.69. The van der Waals surface area contributed by atoms with Crippen LogP contribution in [0, 0.1) is 0 Å². The maximum atomic E-state index is 12.0. The van der Waals surface area contributed by atoms with E-state index in [2.05, 4.69) is 21.2 Å². The average Bonchev–Trinajstić information content (AvgIpc) is 2.39. The van der Waals surface area contributed by atoms with Gasteiger partial charge in [0, 0.05) is 11.0 Å². The Bertz CT molecular complexity index is 569. The van der Waals surface area contributed by atoms with Crippen molar-refractivity contribution in [1.29, 1.82) is 0 Å². The topological polar surface area (TPSA) is 49.3 Å². The van der Waals surface area contributed by atoms with Crippen LogP contribution < -0.4 is 5.32 Å². The fourth-order valence-electron chi connectivity index (χ4n) is 1.60. The second-order valence-electron chi connectivity index (χ2n) is 3.81. The van der Waals surface area contributed by atoms with E-state index in [-0.39, 0.29) is 17.2 Å². The number of nitrogens with one attached hydrogen (secondary N) is 1. The van der Waals surface area contributed by atoms with Crippen LogP contribution in [-0.2, 0) is 5.33 Å². The Morgan fingerprint density at radius 1 is 1.17 bits per heavy atom. The zero-order valence-corrected chi connectivity index (χ0v) is 11.1. The van der Waals surface area contributed by atoms with E-state index in [9.17, 15) is 9.90 Å². The molecular formula is C14H12BrNO2. The monoisotopic (exact) mass is 305 g/mol. The average molecular weight is 306 g/mol. The number of aromatic hydroxyl groups is 1. The minimum Gasteiger partial charge on any atom is -0.507 e. The summed E-state index contributed by atoms with van der Waals surface area (Å²) in [5, 5.41) is 13.1. The number of rotatable bonds is 3. The minimum atomic E-state index is -0.320. The molecule has 0 aliphatic rings. The summed E-state index contributed by atoms with van der Waals surface area (Å²) in [6.45, 7) is 0. The van der Waals surface area contributed by atoms with Gasteiger partial charge in [0.25, 0.3) is 5.91 Å². The quantitative estimate of drug-likeness (QED) is 0.852. The summed E-state index contributed by atoms with van der Waals surface area (Å²) in [5.74, 6) is -0.341. The molecule has 2 aromatic rings. The molecule has 0 bridgehead atoms. The Balaban J connectivity index is 2.19. The number of phenolic OH excluding ortho intramolecular Hbond substituents is 1. The van der Waals surface area contributed by atoms with Crippen LogP contribution in [0.2, 0.25) is 0 Å². The van der Waals surface area contributed by atoms with E-state index in [1.54, 1.807) is 18.2 Å². The molecule has 0 saturated carbocycles. The smallest absolute Gasteiger partial charge is 0.259 e.